The third-order valence-corrected chi connectivity index (χ3v) is 5.91. The third-order valence-electron chi connectivity index (χ3n) is 5.91. The topological polar surface area (TPSA) is 55.6 Å². The Labute approximate surface area is 134 Å². The van der Waals surface area contributed by atoms with Gasteiger partial charge >= 0.3 is 0 Å². The van der Waals surface area contributed by atoms with Gasteiger partial charge in [0.15, 0.2) is 0 Å². The SMILES string of the molecule is COC1CCN(C(=O)CC2CC3CCC2C3)C(CN)C1.Cl. The number of nitrogens with zero attached hydrogens (tertiary/aromatic N) is 1. The highest BCUT2D eigenvalue weighted by molar-refractivity contribution is 5.85. The minimum atomic E-state index is 0. The summed E-state index contributed by atoms with van der Waals surface area (Å²) in [6, 6.07) is 0.180. The standard InChI is InChI=1S/C16H28N2O2.ClH/c1-20-15-4-5-18(14(9-15)10-17)16(19)8-13-7-11-2-3-12(13)6-11;/h11-15H,2-10,17H2,1H3;1H. The minimum absolute atomic E-state index is 0. The summed E-state index contributed by atoms with van der Waals surface area (Å²) in [5.41, 5.74) is 5.87. The summed E-state index contributed by atoms with van der Waals surface area (Å²) in [6.45, 7) is 1.38. The van der Waals surface area contributed by atoms with E-state index in [9.17, 15) is 4.79 Å². The Morgan fingerprint density at radius 2 is 2.05 bits per heavy atom. The van der Waals surface area contributed by atoms with Crippen LogP contribution in [0.4, 0.5) is 0 Å². The first kappa shape index (κ1) is 17.0. The fraction of sp³-hybridized carbons (Fsp3) is 0.938. The van der Waals surface area contributed by atoms with Crippen molar-refractivity contribution in [1.82, 2.24) is 4.90 Å². The molecule has 1 saturated heterocycles. The number of hydrogen-bond donors (Lipinski definition) is 1. The lowest BCUT2D eigenvalue weighted by Gasteiger charge is -2.39. The van der Waals surface area contributed by atoms with E-state index in [0.29, 0.717) is 18.4 Å². The fourth-order valence-corrected chi connectivity index (χ4v) is 4.75. The van der Waals surface area contributed by atoms with Crippen LogP contribution in [0.15, 0.2) is 0 Å². The van der Waals surface area contributed by atoms with Crippen molar-refractivity contribution in [2.24, 2.45) is 23.5 Å². The number of ether oxygens (including phenoxy) is 1. The number of fused-ring (bicyclic) bond motifs is 2. The molecule has 1 amide bonds. The number of rotatable bonds is 4. The Balaban J connectivity index is 0.00000161. The second kappa shape index (κ2) is 7.30. The number of methoxy groups -OCH3 is 1. The summed E-state index contributed by atoms with van der Waals surface area (Å²) >= 11 is 0. The van der Waals surface area contributed by atoms with Crippen LogP contribution in [-0.4, -0.2) is 43.2 Å². The number of hydrogen-bond acceptors (Lipinski definition) is 3. The molecular weight excluding hydrogens is 288 g/mol. The zero-order valence-corrected chi connectivity index (χ0v) is 13.8. The molecule has 2 aliphatic carbocycles. The van der Waals surface area contributed by atoms with Gasteiger partial charge in [0.25, 0.3) is 0 Å². The summed E-state index contributed by atoms with van der Waals surface area (Å²) < 4.78 is 5.43. The van der Waals surface area contributed by atoms with Crippen LogP contribution in [0.3, 0.4) is 0 Å². The molecule has 2 saturated carbocycles. The van der Waals surface area contributed by atoms with E-state index in [1.165, 1.54) is 25.7 Å². The first-order valence-corrected chi connectivity index (χ1v) is 8.23. The van der Waals surface area contributed by atoms with Gasteiger partial charge in [0.05, 0.1) is 6.10 Å². The van der Waals surface area contributed by atoms with E-state index >= 15 is 0 Å². The lowest BCUT2D eigenvalue weighted by atomic mass is 9.85. The quantitative estimate of drug-likeness (QED) is 0.865. The Morgan fingerprint density at radius 1 is 1.24 bits per heavy atom. The zero-order valence-electron chi connectivity index (χ0n) is 13.0. The predicted molar refractivity (Wildman–Crippen MR) is 85.4 cm³/mol. The van der Waals surface area contributed by atoms with Crippen molar-refractivity contribution < 1.29 is 9.53 Å². The van der Waals surface area contributed by atoms with Gasteiger partial charge in [-0.05, 0) is 49.9 Å². The molecule has 0 aromatic carbocycles. The Hall–Kier alpha value is -0.320. The molecule has 2 N–H and O–H groups in total. The molecule has 4 nitrogen and oxygen atoms in total. The molecule has 5 heteroatoms. The molecule has 0 radical (unpaired) electrons. The first-order chi connectivity index (χ1) is 9.71. The minimum Gasteiger partial charge on any atom is -0.381 e. The highest BCUT2D eigenvalue weighted by atomic mass is 35.5. The van der Waals surface area contributed by atoms with E-state index in [4.69, 9.17) is 10.5 Å². The van der Waals surface area contributed by atoms with E-state index in [1.54, 1.807) is 7.11 Å². The van der Waals surface area contributed by atoms with Crippen molar-refractivity contribution >= 4 is 18.3 Å². The molecule has 0 spiro atoms. The molecule has 0 aromatic rings. The van der Waals surface area contributed by atoms with Gasteiger partial charge in [-0.15, -0.1) is 12.4 Å². The van der Waals surface area contributed by atoms with Crippen molar-refractivity contribution in [3.8, 4) is 0 Å². The molecule has 21 heavy (non-hydrogen) atoms. The van der Waals surface area contributed by atoms with Crippen LogP contribution in [-0.2, 0) is 9.53 Å². The van der Waals surface area contributed by atoms with E-state index in [-0.39, 0.29) is 24.6 Å². The Morgan fingerprint density at radius 3 is 2.62 bits per heavy atom. The molecule has 122 valence electrons. The van der Waals surface area contributed by atoms with E-state index in [2.05, 4.69) is 0 Å². The maximum absolute atomic E-state index is 12.6. The van der Waals surface area contributed by atoms with Gasteiger partial charge < -0.3 is 15.4 Å². The number of carbonyl (C=O) groups excluding carboxylic acids is 1. The predicted octanol–water partition coefficient (Wildman–Crippen LogP) is 2.20. The maximum Gasteiger partial charge on any atom is 0.223 e. The number of piperidine rings is 1. The monoisotopic (exact) mass is 316 g/mol. The Kier molecular flexibility index (Phi) is 5.92. The zero-order chi connectivity index (χ0) is 14.1. The molecule has 5 unspecified atom stereocenters. The van der Waals surface area contributed by atoms with E-state index in [1.807, 2.05) is 4.90 Å². The summed E-state index contributed by atoms with van der Waals surface area (Å²) in [5, 5.41) is 0. The molecule has 1 heterocycles. The molecule has 1 aliphatic heterocycles. The van der Waals surface area contributed by atoms with Crippen molar-refractivity contribution in [3.63, 3.8) is 0 Å². The summed E-state index contributed by atoms with van der Waals surface area (Å²) in [4.78, 5) is 14.7. The highest BCUT2D eigenvalue weighted by Crippen LogP contribution is 2.49. The second-order valence-corrected chi connectivity index (χ2v) is 7.00. The fourth-order valence-electron chi connectivity index (χ4n) is 4.75. The summed E-state index contributed by atoms with van der Waals surface area (Å²) in [7, 11) is 1.75. The van der Waals surface area contributed by atoms with Crippen molar-refractivity contribution in [3.05, 3.63) is 0 Å². The molecule has 3 aliphatic rings. The van der Waals surface area contributed by atoms with Gasteiger partial charge in [-0.3, -0.25) is 4.79 Å². The normalized spacial score (nSPS) is 38.4. The average Bonchev–Trinajstić information content (AvgIpc) is 3.09. The van der Waals surface area contributed by atoms with Gasteiger partial charge in [-0.2, -0.15) is 0 Å². The van der Waals surface area contributed by atoms with Gasteiger partial charge in [-0.1, -0.05) is 6.42 Å². The van der Waals surface area contributed by atoms with Crippen molar-refractivity contribution in [1.29, 1.82) is 0 Å². The van der Waals surface area contributed by atoms with Gasteiger partial charge in [0, 0.05) is 32.7 Å². The number of halogens is 1. The number of amides is 1. The van der Waals surface area contributed by atoms with Crippen LogP contribution >= 0.6 is 12.4 Å². The van der Waals surface area contributed by atoms with Gasteiger partial charge in [0.2, 0.25) is 5.91 Å². The van der Waals surface area contributed by atoms with Gasteiger partial charge in [-0.25, -0.2) is 0 Å². The van der Waals surface area contributed by atoms with Crippen LogP contribution < -0.4 is 5.73 Å². The average molecular weight is 317 g/mol. The van der Waals surface area contributed by atoms with Crippen LogP contribution in [0, 0.1) is 17.8 Å². The maximum atomic E-state index is 12.6. The largest absolute Gasteiger partial charge is 0.381 e. The van der Waals surface area contributed by atoms with Crippen molar-refractivity contribution in [2.45, 2.75) is 57.1 Å². The van der Waals surface area contributed by atoms with E-state index in [0.717, 1.165) is 37.6 Å². The van der Waals surface area contributed by atoms with Crippen LogP contribution in [0.5, 0.6) is 0 Å². The first-order valence-electron chi connectivity index (χ1n) is 8.23. The molecule has 3 rings (SSSR count). The molecule has 2 bridgehead atoms. The number of carbonyl (C=O) groups is 1. The van der Waals surface area contributed by atoms with E-state index < -0.39 is 0 Å². The van der Waals surface area contributed by atoms with Crippen LogP contribution in [0.2, 0.25) is 0 Å². The third kappa shape index (κ3) is 3.54. The molecule has 3 fully saturated rings. The van der Waals surface area contributed by atoms with Crippen molar-refractivity contribution in [2.75, 3.05) is 20.2 Å². The highest BCUT2D eigenvalue weighted by Gasteiger charge is 2.41. The van der Waals surface area contributed by atoms with Crippen LogP contribution in [0.25, 0.3) is 0 Å². The second-order valence-electron chi connectivity index (χ2n) is 7.00. The number of likely N-dealkylation sites (tertiary alicyclic amines) is 1. The lowest BCUT2D eigenvalue weighted by molar-refractivity contribution is -0.138. The number of nitrogens with two attached hydrogens (primary N) is 1. The molecular formula is C16H29ClN2O2. The van der Waals surface area contributed by atoms with Gasteiger partial charge in [0.1, 0.15) is 0 Å². The smallest absolute Gasteiger partial charge is 0.223 e. The molecule has 0 aromatic heterocycles. The Bertz CT molecular complexity index is 366. The summed E-state index contributed by atoms with van der Waals surface area (Å²) in [6.07, 6.45) is 8.31. The summed E-state index contributed by atoms with van der Waals surface area (Å²) in [5.74, 6) is 2.74. The molecule has 5 atom stereocenters. The lowest BCUT2D eigenvalue weighted by Crippen LogP contribution is -2.51. The van der Waals surface area contributed by atoms with Crippen LogP contribution in [0.1, 0.15) is 44.9 Å².